The molecule has 0 aromatic heterocycles. The summed E-state index contributed by atoms with van der Waals surface area (Å²) in [7, 11) is 0. The Labute approximate surface area is 48.1 Å². The molecule has 14 valence electrons. The van der Waals surface area contributed by atoms with Crippen LogP contribution >= 0.6 is 0 Å². The van der Waals surface area contributed by atoms with Gasteiger partial charge in [0.15, 0.2) is 0 Å². The zero-order valence-electron chi connectivity index (χ0n) is 2.15. The Morgan fingerprint density at radius 2 is 0.750 bits per heavy atom. The van der Waals surface area contributed by atoms with Crippen molar-refractivity contribution in [1.29, 1.82) is 0 Å². The number of hydrogen-bond acceptors (Lipinski definition) is 0. The Balaban J connectivity index is 0. The van der Waals surface area contributed by atoms with Gasteiger partial charge in [-0.05, 0) is 0 Å². The molecule has 0 aromatic rings. The van der Waals surface area contributed by atoms with Crippen molar-refractivity contribution in [3.63, 3.8) is 0 Å². The molecule has 0 nitrogen and oxygen atoms in total. The molecule has 0 heterocycles. The van der Waals surface area contributed by atoms with Gasteiger partial charge in [0.2, 0.25) is 0 Å². The van der Waals surface area contributed by atoms with Crippen LogP contribution in [0.4, 0.5) is 0 Å². The van der Waals surface area contributed by atoms with E-state index >= 15 is 0 Å². The molecule has 0 unspecified atom stereocenters. The van der Waals surface area contributed by atoms with Gasteiger partial charge in [-0.1, -0.05) is 0 Å². The van der Waals surface area contributed by atoms with Crippen LogP contribution in [0.25, 0.3) is 0 Å². The van der Waals surface area contributed by atoms with Crippen molar-refractivity contribution in [1.82, 2.24) is 0 Å². The molecule has 0 aliphatic rings. The number of hydrogen-bond donors (Lipinski definition) is 0. The van der Waals surface area contributed by atoms with Gasteiger partial charge >= 0.3 is 0 Å². The number of rotatable bonds is 0. The van der Waals surface area contributed by atoms with Crippen molar-refractivity contribution in [3.8, 4) is 0 Å². The predicted molar refractivity (Wildman–Crippen MR) is 23.0 cm³/mol. The van der Waals surface area contributed by atoms with Crippen molar-refractivity contribution >= 4 is 47.7 Å². The highest BCUT2D eigenvalue weighted by Crippen LogP contribution is -0.378. The van der Waals surface area contributed by atoms with E-state index < -0.39 is 0 Å². The normalized spacial score (nSPS) is 0. The minimum Gasteiger partial charge on any atom is 0 e. The summed E-state index contributed by atoms with van der Waals surface area (Å²) in [5, 5.41) is 0. The topological polar surface area (TPSA) is 0 Å². The van der Waals surface area contributed by atoms with Crippen molar-refractivity contribution in [2.45, 2.75) is 0 Å². The monoisotopic (exact) mass is 93.9 g/mol. The van der Waals surface area contributed by atoms with Crippen LogP contribution in [0.1, 0.15) is 0 Å². The summed E-state index contributed by atoms with van der Waals surface area (Å²) in [4.78, 5) is 0. The third-order valence-electron chi connectivity index (χ3n) is 0. The summed E-state index contributed by atoms with van der Waals surface area (Å²) < 4.78 is 0. The second-order valence-electron chi connectivity index (χ2n) is 0. The molecule has 4 heteroatoms. The van der Waals surface area contributed by atoms with E-state index in [1.165, 1.54) is 0 Å². The van der Waals surface area contributed by atoms with Crippen LogP contribution in [0.2, 0.25) is 0 Å². The van der Waals surface area contributed by atoms with Crippen molar-refractivity contribution in [3.05, 3.63) is 0 Å². The Bertz CT molecular complexity index is 6.00. The lowest BCUT2D eigenvalue weighted by molar-refractivity contribution is 5.75. The molecule has 0 N–H and O–H groups in total. The van der Waals surface area contributed by atoms with Gasteiger partial charge in [0, 0.05) is 47.7 Å². The molecular weight excluding hydrogens is 94.0 g/mol. The van der Waals surface area contributed by atoms with E-state index in [1.807, 2.05) is 0 Å². The molecule has 0 aliphatic carbocycles. The molecule has 0 aromatic carbocycles. The van der Waals surface area contributed by atoms with Gasteiger partial charge in [-0.3, -0.25) is 0 Å². The van der Waals surface area contributed by atoms with Crippen LogP contribution in [-0.2, 0) is 0 Å². The first-order valence-corrected chi connectivity index (χ1v) is 0. The lowest BCUT2D eigenvalue weighted by atomic mass is 10.8. The van der Waals surface area contributed by atoms with E-state index in [2.05, 4.69) is 0 Å². The highest BCUT2D eigenvalue weighted by Gasteiger charge is 0.00300. The van der Waals surface area contributed by atoms with Crippen LogP contribution < -0.4 is 0 Å². The fourth-order valence-corrected chi connectivity index (χ4v) is 0. The highest BCUT2D eigenvalue weighted by atomic mass is 28.1. The maximum atomic E-state index is 0. The fourth-order valence-electron chi connectivity index (χ4n) is 0. The summed E-state index contributed by atoms with van der Waals surface area (Å²) in [6.45, 7) is 0. The Hall–Kier alpha value is 1.03. The van der Waals surface area contributed by atoms with E-state index in [-0.39, 0.29) is 47.7 Å². The van der Waals surface area contributed by atoms with E-state index in [1.54, 1.807) is 0 Å². The van der Waals surface area contributed by atoms with Crippen LogP contribution in [0, 0.1) is 0 Å². The molecule has 4 heavy (non-hydrogen) atoms. The molecule has 0 saturated heterocycles. The maximum absolute atomic E-state index is 0. The summed E-state index contributed by atoms with van der Waals surface area (Å²) in [5.41, 5.74) is 0. The average Bonchev–Trinajstić information content (AvgIpc) is 0. The van der Waals surface area contributed by atoms with Crippen LogP contribution in [0.5, 0.6) is 0 Å². The van der Waals surface area contributed by atoms with Crippen LogP contribution in [-0.4, -0.2) is 47.7 Å². The zero-order chi connectivity index (χ0) is 0. The molecule has 0 atom stereocenters. The van der Waals surface area contributed by atoms with Crippen LogP contribution in [0.15, 0.2) is 0 Å². The SMILES string of the molecule is [Al].[B].[Si].[Si]. The summed E-state index contributed by atoms with van der Waals surface area (Å²) in [6, 6.07) is 0. The predicted octanol–water partition coefficient (Wildman–Crippen LogP) is -1.52. The average molecular weight is 94.0 g/mol. The fraction of sp³-hybridized carbons (Fsp3) is 0. The van der Waals surface area contributed by atoms with Crippen LogP contribution in [0.3, 0.4) is 0 Å². The highest BCUT2D eigenvalue weighted by molar-refractivity contribution is 5.76. The second-order valence-corrected chi connectivity index (χ2v) is 0. The molecule has 0 fully saturated rings. The van der Waals surface area contributed by atoms with Crippen molar-refractivity contribution in [2.75, 3.05) is 0 Å². The smallest absolute Gasteiger partial charge is 0 e. The van der Waals surface area contributed by atoms with Crippen molar-refractivity contribution in [2.24, 2.45) is 0 Å². The van der Waals surface area contributed by atoms with Gasteiger partial charge in [0.1, 0.15) is 0 Å². The first-order chi connectivity index (χ1) is 0. The summed E-state index contributed by atoms with van der Waals surface area (Å²) >= 11 is 0. The molecule has 0 spiro atoms. The minimum absolute atomic E-state index is 0. The standard InChI is InChI=1S/Al.B.2Si. The van der Waals surface area contributed by atoms with Gasteiger partial charge in [0.25, 0.3) is 0 Å². The molecule has 0 amide bonds. The van der Waals surface area contributed by atoms with Gasteiger partial charge in [-0.15, -0.1) is 0 Å². The quantitative estimate of drug-likeness (QED) is 0.320. The van der Waals surface area contributed by atoms with Gasteiger partial charge in [-0.2, -0.15) is 0 Å². The minimum atomic E-state index is 0. The lowest BCUT2D eigenvalue weighted by Crippen LogP contribution is -0.382. The van der Waals surface area contributed by atoms with E-state index in [9.17, 15) is 0 Å². The van der Waals surface area contributed by atoms with E-state index in [0.29, 0.717) is 0 Å². The molecule has 0 saturated carbocycles. The van der Waals surface area contributed by atoms with Crippen molar-refractivity contribution < 1.29 is 0 Å². The Morgan fingerprint density at radius 3 is 0.750 bits per heavy atom. The first kappa shape index (κ1) is 76.9. The largest absolute Gasteiger partial charge is 0 e. The zero-order valence-corrected chi connectivity index (χ0v) is 5.31. The Kier molecular flexibility index (Phi) is 670. The first-order valence-electron chi connectivity index (χ1n) is 0. The summed E-state index contributed by atoms with van der Waals surface area (Å²) in [5.74, 6) is 0. The molecule has 0 bridgehead atoms. The van der Waals surface area contributed by atoms with Gasteiger partial charge in [0.05, 0.1) is 0 Å². The van der Waals surface area contributed by atoms with E-state index in [4.69, 9.17) is 0 Å². The maximum Gasteiger partial charge on any atom is 0 e. The molecule has 0 rings (SSSR count). The molecule has 0 aliphatic heterocycles. The third kappa shape index (κ3) is 11.8. The van der Waals surface area contributed by atoms with Gasteiger partial charge < -0.3 is 0 Å². The summed E-state index contributed by atoms with van der Waals surface area (Å²) in [6.07, 6.45) is 0. The second kappa shape index (κ2) is 34.8. The molecular formula is AlBSi2. The lowest BCUT2D eigenvalue weighted by Gasteiger charge is -0.00100. The third-order valence-corrected chi connectivity index (χ3v) is 0. The molecule has 14 radical (unpaired) electrons. The van der Waals surface area contributed by atoms with E-state index in [0.717, 1.165) is 0 Å². The van der Waals surface area contributed by atoms with Gasteiger partial charge in [-0.25, -0.2) is 0 Å². The Morgan fingerprint density at radius 1 is 0.750 bits per heavy atom.